The molecule has 4 atom stereocenters. The topological polar surface area (TPSA) is 123 Å². The van der Waals surface area contributed by atoms with Crippen molar-refractivity contribution in [1.82, 2.24) is 20.0 Å². The molecule has 4 aliphatic rings. The lowest BCUT2D eigenvalue weighted by molar-refractivity contribution is -0.147. The fourth-order valence-electron chi connectivity index (χ4n) is 5.76. The van der Waals surface area contributed by atoms with Crippen LogP contribution in [-0.4, -0.2) is 126 Å². The third kappa shape index (κ3) is 10.7. The van der Waals surface area contributed by atoms with Gasteiger partial charge in [0.2, 0.25) is 0 Å². The van der Waals surface area contributed by atoms with Gasteiger partial charge in [0.1, 0.15) is 0 Å². The van der Waals surface area contributed by atoms with Crippen LogP contribution in [0.25, 0.3) is 0 Å². The van der Waals surface area contributed by atoms with E-state index in [4.69, 9.17) is 14.9 Å². The molecule has 0 bridgehead atoms. The van der Waals surface area contributed by atoms with Gasteiger partial charge in [-0.1, -0.05) is 0 Å². The molecule has 3 N–H and O–H groups in total. The highest BCUT2D eigenvalue weighted by atomic mass is 35.5. The number of aliphatic carboxylic acids is 1. The number of nitrogens with zero attached hydrogens (tertiary/aromatic N) is 3. The molecule has 4 heterocycles. The maximum atomic E-state index is 13.1. The van der Waals surface area contributed by atoms with E-state index in [1.807, 2.05) is 0 Å². The SMILES string of the molecule is COC(=O)C1CCNC(CN2CCC(F)(F)C2)C1.Cl.Cl.O=C(O)C1CCN(C(=O)O)C(CN2CCC(F)(F)C2)C1. The lowest BCUT2D eigenvalue weighted by Crippen LogP contribution is -2.51. The molecule has 234 valence electrons. The molecule has 10 nitrogen and oxygen atoms in total. The van der Waals surface area contributed by atoms with Crippen LogP contribution in [0.2, 0.25) is 0 Å². The van der Waals surface area contributed by atoms with Crippen molar-refractivity contribution in [2.24, 2.45) is 11.8 Å². The van der Waals surface area contributed by atoms with Crippen LogP contribution < -0.4 is 5.32 Å². The van der Waals surface area contributed by atoms with Gasteiger partial charge in [-0.15, -0.1) is 24.8 Å². The molecule has 0 aliphatic carbocycles. The Morgan fingerprint density at radius 1 is 0.875 bits per heavy atom. The van der Waals surface area contributed by atoms with E-state index in [9.17, 15) is 31.9 Å². The number of amides is 1. The number of likely N-dealkylation sites (tertiary alicyclic amines) is 3. The zero-order chi connectivity index (χ0) is 28.1. The third-order valence-electron chi connectivity index (χ3n) is 7.79. The summed E-state index contributed by atoms with van der Waals surface area (Å²) < 4.78 is 57.2. The first-order valence-electron chi connectivity index (χ1n) is 13.0. The van der Waals surface area contributed by atoms with E-state index in [1.165, 1.54) is 16.9 Å². The number of alkyl halides is 4. The zero-order valence-corrected chi connectivity index (χ0v) is 24.0. The predicted octanol–water partition coefficient (Wildman–Crippen LogP) is 2.88. The lowest BCUT2D eigenvalue weighted by atomic mass is 9.91. The van der Waals surface area contributed by atoms with Gasteiger partial charge in [-0.05, 0) is 32.2 Å². The number of carboxylic acids is 1. The minimum Gasteiger partial charge on any atom is -0.481 e. The summed E-state index contributed by atoms with van der Waals surface area (Å²) in [7, 11) is 1.39. The second-order valence-corrected chi connectivity index (χ2v) is 10.8. The first-order chi connectivity index (χ1) is 17.8. The summed E-state index contributed by atoms with van der Waals surface area (Å²) in [5.41, 5.74) is 0. The lowest BCUT2D eigenvalue weighted by Gasteiger charge is -2.38. The van der Waals surface area contributed by atoms with Crippen molar-refractivity contribution >= 4 is 42.8 Å². The molecule has 4 aliphatic heterocycles. The van der Waals surface area contributed by atoms with E-state index in [-0.39, 0.29) is 101 Å². The second kappa shape index (κ2) is 15.6. The highest BCUT2D eigenvalue weighted by Gasteiger charge is 2.42. The summed E-state index contributed by atoms with van der Waals surface area (Å²) >= 11 is 0. The van der Waals surface area contributed by atoms with Gasteiger partial charge in [-0.25, -0.2) is 22.4 Å². The second-order valence-electron chi connectivity index (χ2n) is 10.8. The number of carbonyl (C=O) groups is 3. The normalized spacial score (nSPS) is 29.8. The Balaban J connectivity index is 0.000000383. The number of hydrogen-bond donors (Lipinski definition) is 3. The molecule has 4 rings (SSSR count). The van der Waals surface area contributed by atoms with Gasteiger partial charge in [0.05, 0.1) is 32.0 Å². The van der Waals surface area contributed by atoms with Crippen molar-refractivity contribution in [3.63, 3.8) is 0 Å². The van der Waals surface area contributed by atoms with E-state index in [0.717, 1.165) is 13.0 Å². The molecule has 4 unspecified atom stereocenters. The Labute approximate surface area is 243 Å². The molecule has 0 radical (unpaired) electrons. The molecule has 0 aromatic rings. The number of carboxylic acid groups (broad SMARTS) is 2. The fourth-order valence-corrected chi connectivity index (χ4v) is 5.76. The minimum atomic E-state index is -2.73. The van der Waals surface area contributed by atoms with Gasteiger partial charge in [-0.2, -0.15) is 0 Å². The molecule has 0 saturated carbocycles. The fraction of sp³-hybridized carbons (Fsp3) is 0.875. The number of esters is 1. The zero-order valence-electron chi connectivity index (χ0n) is 22.4. The average molecular weight is 628 g/mol. The van der Waals surface area contributed by atoms with E-state index in [2.05, 4.69) is 5.32 Å². The highest BCUT2D eigenvalue weighted by molar-refractivity contribution is 5.85. The molecule has 4 saturated heterocycles. The van der Waals surface area contributed by atoms with Gasteiger partial charge in [0, 0.05) is 57.6 Å². The van der Waals surface area contributed by atoms with Crippen LogP contribution in [0.15, 0.2) is 0 Å². The Morgan fingerprint density at radius 3 is 1.93 bits per heavy atom. The number of carbonyl (C=O) groups excluding carboxylic acids is 1. The van der Waals surface area contributed by atoms with Gasteiger partial charge in [0.15, 0.2) is 0 Å². The van der Waals surface area contributed by atoms with E-state index in [0.29, 0.717) is 19.5 Å². The molecule has 0 aromatic carbocycles. The molecular weight excluding hydrogens is 587 g/mol. The number of ether oxygens (including phenoxy) is 1. The third-order valence-corrected chi connectivity index (χ3v) is 7.79. The minimum absolute atomic E-state index is 0. The van der Waals surface area contributed by atoms with Crippen molar-refractivity contribution in [1.29, 1.82) is 0 Å². The number of hydrogen-bond acceptors (Lipinski definition) is 7. The summed E-state index contributed by atoms with van der Waals surface area (Å²) in [6, 6.07) is -0.423. The average Bonchev–Trinajstić information content (AvgIpc) is 3.38. The Morgan fingerprint density at radius 2 is 1.45 bits per heavy atom. The van der Waals surface area contributed by atoms with Crippen LogP contribution in [-0.2, 0) is 14.3 Å². The quantitative estimate of drug-likeness (QED) is 0.302. The van der Waals surface area contributed by atoms with Gasteiger partial charge >= 0.3 is 18.0 Å². The predicted molar refractivity (Wildman–Crippen MR) is 142 cm³/mol. The molecule has 1 amide bonds. The summed E-state index contributed by atoms with van der Waals surface area (Å²) in [6.45, 7) is 1.76. The van der Waals surface area contributed by atoms with Crippen molar-refractivity contribution in [3.8, 4) is 0 Å². The van der Waals surface area contributed by atoms with Crippen LogP contribution in [0.4, 0.5) is 22.4 Å². The number of methoxy groups -OCH3 is 1. The van der Waals surface area contributed by atoms with Crippen molar-refractivity contribution in [2.45, 2.75) is 62.5 Å². The van der Waals surface area contributed by atoms with Crippen LogP contribution in [0.5, 0.6) is 0 Å². The number of nitrogens with one attached hydrogen (secondary N) is 1. The maximum absolute atomic E-state index is 13.1. The first-order valence-corrected chi connectivity index (χ1v) is 13.0. The van der Waals surface area contributed by atoms with Gasteiger partial charge < -0.3 is 25.2 Å². The maximum Gasteiger partial charge on any atom is 0.407 e. The Hall–Kier alpha value is -1.61. The van der Waals surface area contributed by atoms with Crippen LogP contribution in [0.3, 0.4) is 0 Å². The van der Waals surface area contributed by atoms with Crippen LogP contribution >= 0.6 is 24.8 Å². The molecule has 0 spiro atoms. The summed E-state index contributed by atoms with van der Waals surface area (Å²) in [4.78, 5) is 38.1. The summed E-state index contributed by atoms with van der Waals surface area (Å²) in [6.07, 6.45) is 0.492. The van der Waals surface area contributed by atoms with E-state index < -0.39 is 35.9 Å². The number of halogens is 6. The van der Waals surface area contributed by atoms with Crippen LogP contribution in [0, 0.1) is 11.8 Å². The molecular formula is C24H40Cl2F4N4O6. The monoisotopic (exact) mass is 626 g/mol. The molecule has 4 fully saturated rings. The Kier molecular flexibility index (Phi) is 14.2. The standard InChI is InChI=1S/C12H18F2N2O4.C12H20F2N2O2.2ClH/c13-12(14)2-4-15(7-12)6-9-5-8(10(17)18)1-3-16(9)11(19)20;1-18-11(17)9-2-4-15-10(6-9)7-16-5-3-12(13,14)8-16;;/h8-9H,1-7H2,(H,17,18)(H,19,20);9-10,15H,2-8H2,1H3;2*1H. The summed E-state index contributed by atoms with van der Waals surface area (Å²) in [5.74, 6) is -7.10. The first kappa shape index (κ1) is 36.4. The smallest absolute Gasteiger partial charge is 0.407 e. The van der Waals surface area contributed by atoms with Gasteiger partial charge in [-0.3, -0.25) is 19.4 Å². The molecule has 16 heteroatoms. The van der Waals surface area contributed by atoms with E-state index in [1.54, 1.807) is 4.90 Å². The highest BCUT2D eigenvalue weighted by Crippen LogP contribution is 2.30. The molecule has 0 aromatic heterocycles. The van der Waals surface area contributed by atoms with Crippen LogP contribution in [0.1, 0.15) is 38.5 Å². The number of rotatable bonds is 6. The summed E-state index contributed by atoms with van der Waals surface area (Å²) in [5, 5.41) is 21.4. The van der Waals surface area contributed by atoms with Gasteiger partial charge in [0.25, 0.3) is 11.8 Å². The van der Waals surface area contributed by atoms with Crippen molar-refractivity contribution in [2.75, 3.05) is 59.5 Å². The largest absolute Gasteiger partial charge is 0.481 e. The number of piperidine rings is 2. The molecule has 40 heavy (non-hydrogen) atoms. The Bertz CT molecular complexity index is 862. The van der Waals surface area contributed by atoms with Crippen molar-refractivity contribution < 1.29 is 46.9 Å². The van der Waals surface area contributed by atoms with E-state index >= 15 is 0 Å². The van der Waals surface area contributed by atoms with Crippen molar-refractivity contribution in [3.05, 3.63) is 0 Å².